The van der Waals surface area contributed by atoms with Gasteiger partial charge in [0.15, 0.2) is 0 Å². The predicted molar refractivity (Wildman–Crippen MR) is 72.4 cm³/mol. The van der Waals surface area contributed by atoms with Gasteiger partial charge in [-0.25, -0.2) is 0 Å². The van der Waals surface area contributed by atoms with Crippen molar-refractivity contribution in [3.8, 4) is 0 Å². The summed E-state index contributed by atoms with van der Waals surface area (Å²) in [5.74, 6) is 0. The van der Waals surface area contributed by atoms with E-state index in [1.807, 2.05) is 25.1 Å². The van der Waals surface area contributed by atoms with Crippen LogP contribution in [0.1, 0.15) is 11.3 Å². The number of anilines is 2. The summed E-state index contributed by atoms with van der Waals surface area (Å²) in [5, 5.41) is 3.20. The van der Waals surface area contributed by atoms with E-state index in [1.165, 1.54) is 0 Å². The van der Waals surface area contributed by atoms with Gasteiger partial charge in [0.2, 0.25) is 0 Å². The maximum atomic E-state index is 5.61. The molecule has 0 saturated heterocycles. The Balaban J connectivity index is 2.33. The number of hydrogen-bond donors (Lipinski definition) is 2. The standard InChI is InChI=1S/C12H12N4S/c1-8-5-9(7-14-6-8)16-10-3-2-4-15-11(10)12(13)17/h2-7,16H,1H3,(H2,13,17). The molecule has 0 aliphatic heterocycles. The Labute approximate surface area is 105 Å². The highest BCUT2D eigenvalue weighted by atomic mass is 32.1. The van der Waals surface area contributed by atoms with Crippen molar-refractivity contribution in [3.63, 3.8) is 0 Å². The van der Waals surface area contributed by atoms with Crippen molar-refractivity contribution in [1.82, 2.24) is 9.97 Å². The van der Waals surface area contributed by atoms with Crippen LogP contribution in [0.2, 0.25) is 0 Å². The molecule has 2 aromatic heterocycles. The largest absolute Gasteiger partial charge is 0.388 e. The van der Waals surface area contributed by atoms with Crippen LogP contribution < -0.4 is 11.1 Å². The van der Waals surface area contributed by atoms with Gasteiger partial charge in [0.05, 0.1) is 17.6 Å². The zero-order valence-corrected chi connectivity index (χ0v) is 10.2. The van der Waals surface area contributed by atoms with E-state index in [2.05, 4.69) is 15.3 Å². The molecule has 0 fully saturated rings. The normalized spacial score (nSPS) is 9.94. The smallest absolute Gasteiger partial charge is 0.124 e. The number of rotatable bonds is 3. The summed E-state index contributed by atoms with van der Waals surface area (Å²) in [6.45, 7) is 1.98. The van der Waals surface area contributed by atoms with Crippen LogP contribution in [-0.4, -0.2) is 15.0 Å². The quantitative estimate of drug-likeness (QED) is 0.810. The molecular formula is C12H12N4S. The maximum absolute atomic E-state index is 5.61. The number of aromatic nitrogens is 2. The van der Waals surface area contributed by atoms with Crippen LogP contribution in [0.4, 0.5) is 11.4 Å². The van der Waals surface area contributed by atoms with Gasteiger partial charge in [0, 0.05) is 12.4 Å². The lowest BCUT2D eigenvalue weighted by Gasteiger charge is -2.09. The second-order valence-corrected chi connectivity index (χ2v) is 4.08. The predicted octanol–water partition coefficient (Wildman–Crippen LogP) is 2.16. The molecule has 2 aromatic rings. The van der Waals surface area contributed by atoms with Crippen molar-refractivity contribution in [3.05, 3.63) is 48.0 Å². The summed E-state index contributed by atoms with van der Waals surface area (Å²) in [6.07, 6.45) is 5.19. The van der Waals surface area contributed by atoms with Crippen LogP contribution in [-0.2, 0) is 0 Å². The summed E-state index contributed by atoms with van der Waals surface area (Å²) in [6, 6.07) is 5.69. The van der Waals surface area contributed by atoms with Crippen LogP contribution >= 0.6 is 12.2 Å². The molecule has 0 unspecified atom stereocenters. The summed E-state index contributed by atoms with van der Waals surface area (Å²) in [7, 11) is 0. The highest BCUT2D eigenvalue weighted by Gasteiger charge is 2.06. The van der Waals surface area contributed by atoms with Crippen LogP contribution in [0.25, 0.3) is 0 Å². The SMILES string of the molecule is Cc1cncc(Nc2cccnc2C(N)=S)c1. The van der Waals surface area contributed by atoms with E-state index in [4.69, 9.17) is 18.0 Å². The molecule has 2 rings (SSSR count). The average molecular weight is 244 g/mol. The molecule has 3 N–H and O–H groups in total. The molecule has 0 saturated carbocycles. The Morgan fingerprint density at radius 1 is 1.41 bits per heavy atom. The number of aryl methyl sites for hydroxylation is 1. The van der Waals surface area contributed by atoms with Crippen LogP contribution in [0.3, 0.4) is 0 Å². The zero-order chi connectivity index (χ0) is 12.3. The zero-order valence-electron chi connectivity index (χ0n) is 9.34. The summed E-state index contributed by atoms with van der Waals surface area (Å²) in [5.41, 5.74) is 8.95. The third-order valence-corrected chi connectivity index (χ3v) is 2.39. The van der Waals surface area contributed by atoms with Gasteiger partial charge in [-0.1, -0.05) is 12.2 Å². The molecule has 0 amide bonds. The first-order valence-corrected chi connectivity index (χ1v) is 5.51. The number of nitrogens with two attached hydrogens (primary N) is 1. The Morgan fingerprint density at radius 2 is 2.24 bits per heavy atom. The topological polar surface area (TPSA) is 63.8 Å². The van der Waals surface area contributed by atoms with Gasteiger partial charge >= 0.3 is 0 Å². The van der Waals surface area contributed by atoms with E-state index in [0.29, 0.717) is 5.69 Å². The molecule has 0 radical (unpaired) electrons. The number of thiocarbonyl (C=S) groups is 1. The first kappa shape index (κ1) is 11.5. The van der Waals surface area contributed by atoms with Crippen molar-refractivity contribution in [2.45, 2.75) is 6.92 Å². The third-order valence-electron chi connectivity index (χ3n) is 2.20. The molecule has 0 atom stereocenters. The first-order valence-electron chi connectivity index (χ1n) is 5.10. The molecule has 0 aliphatic carbocycles. The lowest BCUT2D eigenvalue weighted by molar-refractivity contribution is 1.25. The highest BCUT2D eigenvalue weighted by Crippen LogP contribution is 2.18. The second kappa shape index (κ2) is 4.88. The van der Waals surface area contributed by atoms with Gasteiger partial charge in [0.1, 0.15) is 10.7 Å². The Bertz CT molecular complexity index is 554. The van der Waals surface area contributed by atoms with E-state index in [0.717, 1.165) is 16.9 Å². The highest BCUT2D eigenvalue weighted by molar-refractivity contribution is 7.80. The van der Waals surface area contributed by atoms with Crippen molar-refractivity contribution in [1.29, 1.82) is 0 Å². The van der Waals surface area contributed by atoms with Gasteiger partial charge in [-0.15, -0.1) is 0 Å². The minimum absolute atomic E-state index is 0.272. The van der Waals surface area contributed by atoms with E-state index in [1.54, 1.807) is 18.6 Å². The molecule has 0 aliphatic rings. The summed E-state index contributed by atoms with van der Waals surface area (Å²) < 4.78 is 0. The molecule has 2 heterocycles. The van der Waals surface area contributed by atoms with Gasteiger partial charge in [0.25, 0.3) is 0 Å². The molecular weight excluding hydrogens is 232 g/mol. The molecule has 0 aromatic carbocycles. The minimum atomic E-state index is 0.272. The maximum Gasteiger partial charge on any atom is 0.124 e. The van der Waals surface area contributed by atoms with Crippen LogP contribution in [0.15, 0.2) is 36.8 Å². The van der Waals surface area contributed by atoms with E-state index >= 15 is 0 Å². The second-order valence-electron chi connectivity index (χ2n) is 3.64. The van der Waals surface area contributed by atoms with E-state index < -0.39 is 0 Å². The van der Waals surface area contributed by atoms with Crippen molar-refractivity contribution < 1.29 is 0 Å². The molecule has 0 bridgehead atoms. The van der Waals surface area contributed by atoms with Crippen LogP contribution in [0.5, 0.6) is 0 Å². The first-order chi connectivity index (χ1) is 8.16. The van der Waals surface area contributed by atoms with E-state index in [9.17, 15) is 0 Å². The number of nitrogens with one attached hydrogen (secondary N) is 1. The number of hydrogen-bond acceptors (Lipinski definition) is 4. The lowest BCUT2D eigenvalue weighted by Crippen LogP contribution is -2.13. The minimum Gasteiger partial charge on any atom is -0.388 e. The Morgan fingerprint density at radius 3 is 2.94 bits per heavy atom. The fourth-order valence-corrected chi connectivity index (χ4v) is 1.64. The van der Waals surface area contributed by atoms with E-state index in [-0.39, 0.29) is 4.99 Å². The molecule has 4 nitrogen and oxygen atoms in total. The number of pyridine rings is 2. The Hall–Kier alpha value is -2.01. The Kier molecular flexibility index (Phi) is 3.30. The number of nitrogens with zero attached hydrogens (tertiary/aromatic N) is 2. The summed E-state index contributed by atoms with van der Waals surface area (Å²) >= 11 is 4.95. The average Bonchev–Trinajstić information content (AvgIpc) is 2.29. The summed E-state index contributed by atoms with van der Waals surface area (Å²) in [4.78, 5) is 8.53. The molecule has 5 heteroatoms. The van der Waals surface area contributed by atoms with Crippen molar-refractivity contribution >= 4 is 28.6 Å². The molecule has 86 valence electrons. The third kappa shape index (κ3) is 2.76. The monoisotopic (exact) mass is 244 g/mol. The fourth-order valence-electron chi connectivity index (χ4n) is 1.48. The van der Waals surface area contributed by atoms with Gasteiger partial charge in [-0.2, -0.15) is 0 Å². The van der Waals surface area contributed by atoms with Gasteiger partial charge in [-0.3, -0.25) is 9.97 Å². The van der Waals surface area contributed by atoms with Crippen molar-refractivity contribution in [2.75, 3.05) is 5.32 Å². The van der Waals surface area contributed by atoms with Gasteiger partial charge in [-0.05, 0) is 30.7 Å². The molecule has 17 heavy (non-hydrogen) atoms. The van der Waals surface area contributed by atoms with Crippen LogP contribution in [0, 0.1) is 6.92 Å². The molecule has 0 spiro atoms. The van der Waals surface area contributed by atoms with Crippen molar-refractivity contribution in [2.24, 2.45) is 5.73 Å². The van der Waals surface area contributed by atoms with Gasteiger partial charge < -0.3 is 11.1 Å². The fraction of sp³-hybridized carbons (Fsp3) is 0.0833. The lowest BCUT2D eigenvalue weighted by atomic mass is 10.2.